The quantitative estimate of drug-likeness (QED) is 0.614. The van der Waals surface area contributed by atoms with Gasteiger partial charge in [-0.25, -0.2) is 0 Å². The van der Waals surface area contributed by atoms with Crippen molar-refractivity contribution in [1.82, 2.24) is 14.6 Å². The first kappa shape index (κ1) is 18.6. The van der Waals surface area contributed by atoms with Crippen LogP contribution in [0.15, 0.2) is 59.2 Å². The molecule has 5 heterocycles. The standard InChI is InChI=1S/C23H22BrN3O2/c24-17-5-3-4-16(12-17)22(28)21-13-18(20-6-1-2-9-27(20)21)23(29)25-19-14-26-10-7-15(19)8-11-26/h1-6,9,12-13,15,19H,7-8,10-11,14H2,(H,25,29)/t19-/m0/s1. The number of carbonyl (C=O) groups excluding carboxylic acids is 2. The molecule has 3 aromatic rings. The van der Waals surface area contributed by atoms with E-state index in [1.165, 1.54) is 0 Å². The van der Waals surface area contributed by atoms with Gasteiger partial charge in [0.15, 0.2) is 0 Å². The molecule has 6 rings (SSSR count). The van der Waals surface area contributed by atoms with Gasteiger partial charge in [0.2, 0.25) is 5.78 Å². The fourth-order valence-corrected chi connectivity index (χ4v) is 5.06. The lowest BCUT2D eigenvalue weighted by Gasteiger charge is -2.44. The summed E-state index contributed by atoms with van der Waals surface area (Å²) in [6.45, 7) is 3.20. The molecule has 3 aliphatic heterocycles. The average Bonchev–Trinajstić information content (AvgIpc) is 3.14. The number of halogens is 1. The van der Waals surface area contributed by atoms with Gasteiger partial charge in [-0.05, 0) is 62.2 Å². The molecule has 3 fully saturated rings. The third-order valence-corrected chi connectivity index (χ3v) is 6.71. The molecule has 0 radical (unpaired) electrons. The first-order valence-corrected chi connectivity index (χ1v) is 10.8. The van der Waals surface area contributed by atoms with Gasteiger partial charge in [0, 0.05) is 28.8 Å². The summed E-state index contributed by atoms with van der Waals surface area (Å²) in [7, 11) is 0. The van der Waals surface area contributed by atoms with E-state index in [0.717, 1.165) is 42.5 Å². The number of benzene rings is 1. The fraction of sp³-hybridized carbons (Fsp3) is 0.304. The van der Waals surface area contributed by atoms with Gasteiger partial charge in [0.25, 0.3) is 5.91 Å². The van der Waals surface area contributed by atoms with E-state index in [1.54, 1.807) is 18.2 Å². The van der Waals surface area contributed by atoms with Gasteiger partial charge in [-0.3, -0.25) is 9.59 Å². The Balaban J connectivity index is 1.48. The Morgan fingerprint density at radius 3 is 2.59 bits per heavy atom. The summed E-state index contributed by atoms with van der Waals surface area (Å²) >= 11 is 3.43. The molecule has 3 aliphatic rings. The molecule has 0 unspecified atom stereocenters. The van der Waals surface area contributed by atoms with E-state index in [1.807, 2.05) is 40.9 Å². The third kappa shape index (κ3) is 3.40. The van der Waals surface area contributed by atoms with Gasteiger partial charge in [-0.2, -0.15) is 0 Å². The van der Waals surface area contributed by atoms with Crippen LogP contribution in [0.2, 0.25) is 0 Å². The second kappa shape index (κ2) is 7.43. The number of pyridine rings is 1. The third-order valence-electron chi connectivity index (χ3n) is 6.21. The molecule has 2 bridgehead atoms. The van der Waals surface area contributed by atoms with Crippen molar-refractivity contribution in [2.75, 3.05) is 19.6 Å². The number of fused-ring (bicyclic) bond motifs is 4. The minimum atomic E-state index is -0.102. The first-order chi connectivity index (χ1) is 14.1. The maximum absolute atomic E-state index is 13.2. The lowest BCUT2D eigenvalue weighted by molar-refractivity contribution is 0.0621. The molecule has 29 heavy (non-hydrogen) atoms. The van der Waals surface area contributed by atoms with Crippen LogP contribution in [-0.2, 0) is 0 Å². The van der Waals surface area contributed by atoms with Crippen LogP contribution < -0.4 is 5.32 Å². The summed E-state index contributed by atoms with van der Waals surface area (Å²) in [4.78, 5) is 28.8. The van der Waals surface area contributed by atoms with Crippen molar-refractivity contribution in [3.05, 3.63) is 76.0 Å². The number of nitrogens with zero attached hydrogens (tertiary/aromatic N) is 2. The number of aromatic nitrogens is 1. The maximum atomic E-state index is 13.2. The van der Waals surface area contributed by atoms with Crippen molar-refractivity contribution in [3.63, 3.8) is 0 Å². The van der Waals surface area contributed by atoms with Crippen LogP contribution in [0, 0.1) is 5.92 Å². The Kier molecular flexibility index (Phi) is 4.76. The molecule has 1 amide bonds. The van der Waals surface area contributed by atoms with E-state index in [0.29, 0.717) is 22.7 Å². The second-order valence-electron chi connectivity index (χ2n) is 7.96. The van der Waals surface area contributed by atoms with Gasteiger partial charge >= 0.3 is 0 Å². The molecule has 148 valence electrons. The van der Waals surface area contributed by atoms with Crippen LogP contribution in [-0.4, -0.2) is 46.7 Å². The van der Waals surface area contributed by atoms with Crippen LogP contribution in [0.25, 0.3) is 5.52 Å². The van der Waals surface area contributed by atoms with Gasteiger partial charge < -0.3 is 14.6 Å². The Bertz CT molecular complexity index is 1100. The summed E-state index contributed by atoms with van der Waals surface area (Å²) in [5.74, 6) is 0.357. The SMILES string of the molecule is O=C(N[C@H]1CN2CCC1CC2)c1cc(C(=O)c2cccc(Br)c2)n2ccccc12. The summed E-state index contributed by atoms with van der Waals surface area (Å²) < 4.78 is 2.67. The van der Waals surface area contributed by atoms with Gasteiger partial charge in [-0.15, -0.1) is 0 Å². The minimum Gasteiger partial charge on any atom is -0.348 e. The predicted molar refractivity (Wildman–Crippen MR) is 115 cm³/mol. The van der Waals surface area contributed by atoms with Crippen LogP contribution >= 0.6 is 15.9 Å². The lowest BCUT2D eigenvalue weighted by atomic mass is 9.84. The number of carbonyl (C=O) groups is 2. The second-order valence-corrected chi connectivity index (χ2v) is 8.87. The molecule has 6 heteroatoms. The van der Waals surface area contributed by atoms with Crippen molar-refractivity contribution in [3.8, 4) is 0 Å². The van der Waals surface area contributed by atoms with Crippen LogP contribution in [0.5, 0.6) is 0 Å². The van der Waals surface area contributed by atoms with Crippen molar-refractivity contribution in [1.29, 1.82) is 0 Å². The zero-order valence-corrected chi connectivity index (χ0v) is 17.6. The number of amides is 1. The molecular formula is C23H22BrN3O2. The summed E-state index contributed by atoms with van der Waals surface area (Å²) in [6, 6.07) is 14.9. The van der Waals surface area contributed by atoms with Crippen LogP contribution in [0.1, 0.15) is 39.3 Å². The van der Waals surface area contributed by atoms with Gasteiger partial charge in [0.05, 0.1) is 16.8 Å². The van der Waals surface area contributed by atoms with E-state index >= 15 is 0 Å². The molecule has 1 N–H and O–H groups in total. The zero-order chi connectivity index (χ0) is 20.0. The number of piperidine rings is 3. The number of nitrogens with one attached hydrogen (secondary N) is 1. The molecule has 0 aliphatic carbocycles. The summed E-state index contributed by atoms with van der Waals surface area (Å²) in [6.07, 6.45) is 4.13. The fourth-order valence-electron chi connectivity index (χ4n) is 4.66. The highest BCUT2D eigenvalue weighted by molar-refractivity contribution is 9.10. The highest BCUT2D eigenvalue weighted by Crippen LogP contribution is 2.28. The lowest BCUT2D eigenvalue weighted by Crippen LogP contribution is -2.57. The van der Waals surface area contributed by atoms with E-state index in [2.05, 4.69) is 26.1 Å². The molecule has 0 saturated carbocycles. The van der Waals surface area contributed by atoms with Crippen molar-refractivity contribution in [2.45, 2.75) is 18.9 Å². The molecule has 1 atom stereocenters. The maximum Gasteiger partial charge on any atom is 0.253 e. The first-order valence-electron chi connectivity index (χ1n) is 10.0. The van der Waals surface area contributed by atoms with Crippen molar-refractivity contribution < 1.29 is 9.59 Å². The van der Waals surface area contributed by atoms with Crippen LogP contribution in [0.4, 0.5) is 0 Å². The normalized spacial score (nSPS) is 23.3. The number of ketones is 1. The van der Waals surface area contributed by atoms with E-state index in [-0.39, 0.29) is 17.7 Å². The Labute approximate surface area is 177 Å². The molecule has 1 aromatic carbocycles. The predicted octanol–water partition coefficient (Wildman–Crippen LogP) is 3.76. The van der Waals surface area contributed by atoms with E-state index in [4.69, 9.17) is 0 Å². The number of rotatable bonds is 4. The summed E-state index contributed by atoms with van der Waals surface area (Å²) in [5.41, 5.74) is 2.40. The average molecular weight is 452 g/mol. The monoisotopic (exact) mass is 451 g/mol. The molecular weight excluding hydrogens is 430 g/mol. The molecule has 2 aromatic heterocycles. The Morgan fingerprint density at radius 2 is 1.86 bits per heavy atom. The Hall–Kier alpha value is -2.44. The topological polar surface area (TPSA) is 53.8 Å². The number of hydrogen-bond acceptors (Lipinski definition) is 3. The van der Waals surface area contributed by atoms with Crippen LogP contribution in [0.3, 0.4) is 0 Å². The zero-order valence-electron chi connectivity index (χ0n) is 16.0. The minimum absolute atomic E-state index is 0.0965. The Morgan fingerprint density at radius 1 is 1.03 bits per heavy atom. The molecule has 3 saturated heterocycles. The van der Waals surface area contributed by atoms with E-state index < -0.39 is 0 Å². The van der Waals surface area contributed by atoms with E-state index in [9.17, 15) is 9.59 Å². The highest BCUT2D eigenvalue weighted by atomic mass is 79.9. The molecule has 5 nitrogen and oxygen atoms in total. The molecule has 0 spiro atoms. The number of hydrogen-bond donors (Lipinski definition) is 1. The van der Waals surface area contributed by atoms with Crippen molar-refractivity contribution in [2.24, 2.45) is 5.92 Å². The largest absolute Gasteiger partial charge is 0.348 e. The van der Waals surface area contributed by atoms with Gasteiger partial charge in [-0.1, -0.05) is 34.1 Å². The summed E-state index contributed by atoms with van der Waals surface area (Å²) in [5, 5.41) is 3.25. The van der Waals surface area contributed by atoms with Gasteiger partial charge in [0.1, 0.15) is 0 Å². The highest BCUT2D eigenvalue weighted by Gasteiger charge is 2.35. The smallest absolute Gasteiger partial charge is 0.253 e. The van der Waals surface area contributed by atoms with Crippen molar-refractivity contribution >= 4 is 33.1 Å².